The van der Waals surface area contributed by atoms with Gasteiger partial charge in [-0.3, -0.25) is 9.59 Å². The molecular formula is C32H33NO7. The number of Topliss-reactive ketones (excluding diaryl/α,β-unsaturated/α-hetero) is 1. The van der Waals surface area contributed by atoms with Crippen LogP contribution in [0.2, 0.25) is 0 Å². The van der Waals surface area contributed by atoms with Crippen LogP contribution in [0.15, 0.2) is 72.3 Å². The molecule has 1 atom stereocenters. The van der Waals surface area contributed by atoms with Crippen molar-refractivity contribution >= 4 is 17.4 Å². The molecule has 1 saturated heterocycles. The minimum atomic E-state index is -0.823. The van der Waals surface area contributed by atoms with Gasteiger partial charge >= 0.3 is 0 Å². The van der Waals surface area contributed by atoms with Crippen molar-refractivity contribution in [2.45, 2.75) is 32.7 Å². The highest BCUT2D eigenvalue weighted by atomic mass is 16.6. The number of benzene rings is 3. The van der Waals surface area contributed by atoms with Gasteiger partial charge in [0.1, 0.15) is 19.0 Å². The van der Waals surface area contributed by atoms with Gasteiger partial charge in [0.05, 0.1) is 24.8 Å². The van der Waals surface area contributed by atoms with E-state index in [0.29, 0.717) is 67.0 Å². The number of nitrogens with zero attached hydrogens (tertiary/aromatic N) is 1. The lowest BCUT2D eigenvalue weighted by molar-refractivity contribution is -0.139. The standard InChI is InChI=1S/C32H33NO7/c1-3-16-38-24-12-10-22(19-26(24)37-4-2)29-28(30(34)23-11-13-25-27(20-23)40-18-17-39-25)31(35)32(36)33(29)15-14-21-8-6-5-7-9-21/h5-13,19-20,29,34H,3-4,14-18H2,1-2H3. The van der Waals surface area contributed by atoms with Crippen LogP contribution in [0.5, 0.6) is 23.0 Å². The van der Waals surface area contributed by atoms with E-state index in [1.807, 2.05) is 50.2 Å². The Labute approximate surface area is 233 Å². The number of carbonyl (C=O) groups excluding carboxylic acids is 2. The van der Waals surface area contributed by atoms with E-state index in [-0.39, 0.29) is 17.9 Å². The molecular weight excluding hydrogens is 510 g/mol. The van der Waals surface area contributed by atoms with Gasteiger partial charge in [0.15, 0.2) is 23.0 Å². The smallest absolute Gasteiger partial charge is 0.295 e. The van der Waals surface area contributed by atoms with Gasteiger partial charge in [0, 0.05) is 12.1 Å². The van der Waals surface area contributed by atoms with Crippen LogP contribution in [-0.2, 0) is 16.0 Å². The molecule has 8 nitrogen and oxygen atoms in total. The molecule has 40 heavy (non-hydrogen) atoms. The van der Waals surface area contributed by atoms with Gasteiger partial charge < -0.3 is 29.0 Å². The Bertz CT molecular complexity index is 1420. The van der Waals surface area contributed by atoms with Crippen molar-refractivity contribution in [1.82, 2.24) is 4.90 Å². The molecule has 0 radical (unpaired) electrons. The van der Waals surface area contributed by atoms with E-state index in [1.54, 1.807) is 30.3 Å². The highest BCUT2D eigenvalue weighted by Crippen LogP contribution is 2.43. The average molecular weight is 544 g/mol. The molecule has 8 heteroatoms. The van der Waals surface area contributed by atoms with Crippen LogP contribution in [0.1, 0.15) is 43.0 Å². The molecule has 208 valence electrons. The van der Waals surface area contributed by atoms with Crippen LogP contribution in [0.4, 0.5) is 0 Å². The third kappa shape index (κ3) is 5.47. The molecule has 1 fully saturated rings. The number of carbonyl (C=O) groups is 2. The minimum absolute atomic E-state index is 0.0133. The number of hydrogen-bond donors (Lipinski definition) is 1. The van der Waals surface area contributed by atoms with Crippen LogP contribution in [0.25, 0.3) is 5.76 Å². The monoisotopic (exact) mass is 543 g/mol. The summed E-state index contributed by atoms with van der Waals surface area (Å²) in [6.07, 6.45) is 1.38. The zero-order valence-corrected chi connectivity index (χ0v) is 22.7. The molecule has 0 saturated carbocycles. The Balaban J connectivity index is 1.59. The second-order valence-electron chi connectivity index (χ2n) is 9.57. The molecule has 1 N–H and O–H groups in total. The fourth-order valence-electron chi connectivity index (χ4n) is 4.99. The SMILES string of the molecule is CCCOc1ccc(C2C(=C(O)c3ccc4c(c3)OCCO4)C(=O)C(=O)N2CCc2ccccc2)cc1OCC. The number of ether oxygens (including phenoxy) is 4. The number of amides is 1. The van der Waals surface area contributed by atoms with Crippen molar-refractivity contribution in [2.75, 3.05) is 33.0 Å². The first-order chi connectivity index (χ1) is 19.5. The maximum Gasteiger partial charge on any atom is 0.295 e. The first kappa shape index (κ1) is 27.1. The van der Waals surface area contributed by atoms with Crippen molar-refractivity contribution in [3.63, 3.8) is 0 Å². The second-order valence-corrected chi connectivity index (χ2v) is 9.57. The number of hydrogen-bond acceptors (Lipinski definition) is 7. The summed E-state index contributed by atoms with van der Waals surface area (Å²) in [5.41, 5.74) is 2.05. The summed E-state index contributed by atoms with van der Waals surface area (Å²) >= 11 is 0. The third-order valence-electron chi connectivity index (χ3n) is 6.88. The number of rotatable bonds is 10. The number of aliphatic hydroxyl groups excluding tert-OH is 1. The first-order valence-electron chi connectivity index (χ1n) is 13.6. The Morgan fingerprint density at radius 3 is 2.45 bits per heavy atom. The summed E-state index contributed by atoms with van der Waals surface area (Å²) in [4.78, 5) is 28.5. The predicted octanol–water partition coefficient (Wildman–Crippen LogP) is 5.31. The van der Waals surface area contributed by atoms with E-state index in [2.05, 4.69) is 0 Å². The Hall–Kier alpha value is -4.46. The molecule has 0 aliphatic carbocycles. The van der Waals surface area contributed by atoms with Gasteiger partial charge in [-0.2, -0.15) is 0 Å². The Kier molecular flexibility index (Phi) is 8.24. The number of fused-ring (bicyclic) bond motifs is 1. The molecule has 5 rings (SSSR count). The van der Waals surface area contributed by atoms with Gasteiger partial charge in [-0.1, -0.05) is 43.3 Å². The van der Waals surface area contributed by atoms with Crippen molar-refractivity contribution in [1.29, 1.82) is 0 Å². The number of ketones is 1. The molecule has 1 unspecified atom stereocenters. The van der Waals surface area contributed by atoms with Gasteiger partial charge in [-0.15, -0.1) is 0 Å². The summed E-state index contributed by atoms with van der Waals surface area (Å²) in [7, 11) is 0. The normalized spacial score (nSPS) is 17.6. The van der Waals surface area contributed by atoms with Crippen molar-refractivity contribution in [2.24, 2.45) is 0 Å². The lowest BCUT2D eigenvalue weighted by Crippen LogP contribution is -2.31. The summed E-state index contributed by atoms with van der Waals surface area (Å²) in [6, 6.07) is 19.3. The van der Waals surface area contributed by atoms with E-state index in [1.165, 1.54) is 4.90 Å². The van der Waals surface area contributed by atoms with Crippen LogP contribution in [-0.4, -0.2) is 54.7 Å². The molecule has 2 heterocycles. The third-order valence-corrected chi connectivity index (χ3v) is 6.88. The van der Waals surface area contributed by atoms with Crippen molar-refractivity contribution in [3.05, 3.63) is 89.0 Å². The van der Waals surface area contributed by atoms with Crippen molar-refractivity contribution < 1.29 is 33.6 Å². The van der Waals surface area contributed by atoms with Gasteiger partial charge in [0.2, 0.25) is 0 Å². The quantitative estimate of drug-likeness (QED) is 0.210. The molecule has 1 amide bonds. The zero-order chi connectivity index (χ0) is 28.1. The van der Waals surface area contributed by atoms with Crippen molar-refractivity contribution in [3.8, 4) is 23.0 Å². The molecule has 2 aliphatic rings. The van der Waals surface area contributed by atoms with E-state index in [4.69, 9.17) is 18.9 Å². The Morgan fingerprint density at radius 1 is 0.925 bits per heavy atom. The predicted molar refractivity (Wildman–Crippen MR) is 150 cm³/mol. The molecule has 2 aliphatic heterocycles. The minimum Gasteiger partial charge on any atom is -0.507 e. The number of aliphatic hydroxyl groups is 1. The lowest BCUT2D eigenvalue weighted by Gasteiger charge is -2.26. The number of likely N-dealkylation sites (tertiary alicyclic amines) is 1. The Morgan fingerprint density at radius 2 is 1.70 bits per heavy atom. The van der Waals surface area contributed by atoms with Crippen LogP contribution in [0, 0.1) is 0 Å². The topological polar surface area (TPSA) is 94.5 Å². The summed E-state index contributed by atoms with van der Waals surface area (Å²) in [5, 5.41) is 11.5. The van der Waals surface area contributed by atoms with Gasteiger partial charge in [-0.05, 0) is 61.2 Å². The van der Waals surface area contributed by atoms with Gasteiger partial charge in [0.25, 0.3) is 11.7 Å². The average Bonchev–Trinajstić information content (AvgIpc) is 3.24. The maximum absolute atomic E-state index is 13.5. The lowest BCUT2D eigenvalue weighted by atomic mass is 9.94. The maximum atomic E-state index is 13.5. The van der Waals surface area contributed by atoms with Crippen LogP contribution >= 0.6 is 0 Å². The highest BCUT2D eigenvalue weighted by Gasteiger charge is 2.46. The summed E-state index contributed by atoms with van der Waals surface area (Å²) < 4.78 is 23.0. The first-order valence-corrected chi connectivity index (χ1v) is 13.6. The van der Waals surface area contributed by atoms with E-state index in [0.717, 1.165) is 12.0 Å². The largest absolute Gasteiger partial charge is 0.507 e. The van der Waals surface area contributed by atoms with Crippen LogP contribution < -0.4 is 18.9 Å². The van der Waals surface area contributed by atoms with E-state index >= 15 is 0 Å². The van der Waals surface area contributed by atoms with E-state index in [9.17, 15) is 14.7 Å². The molecule has 3 aromatic rings. The molecule has 0 spiro atoms. The highest BCUT2D eigenvalue weighted by molar-refractivity contribution is 6.46. The summed E-state index contributed by atoms with van der Waals surface area (Å²) in [6.45, 7) is 5.95. The zero-order valence-electron chi connectivity index (χ0n) is 22.7. The van der Waals surface area contributed by atoms with Gasteiger partial charge in [-0.25, -0.2) is 0 Å². The van der Waals surface area contributed by atoms with Crippen LogP contribution in [0.3, 0.4) is 0 Å². The summed E-state index contributed by atoms with van der Waals surface area (Å²) in [5.74, 6) is 0.459. The van der Waals surface area contributed by atoms with E-state index < -0.39 is 17.7 Å². The molecule has 0 aromatic heterocycles. The molecule has 0 bridgehead atoms. The molecule has 3 aromatic carbocycles. The second kappa shape index (κ2) is 12.2. The fourth-order valence-corrected chi connectivity index (χ4v) is 4.99. The fraction of sp³-hybridized carbons (Fsp3) is 0.312.